The lowest BCUT2D eigenvalue weighted by Crippen LogP contribution is -1.86. The Labute approximate surface area is 83.9 Å². The van der Waals surface area contributed by atoms with Crippen molar-refractivity contribution in [3.63, 3.8) is 0 Å². The Hall–Kier alpha value is -1.96. The molecule has 2 heteroatoms. The number of phenols is 1. The zero-order valence-corrected chi connectivity index (χ0v) is 7.85. The van der Waals surface area contributed by atoms with Gasteiger partial charge < -0.3 is 10.4 Å². The topological polar surface area (TPSA) is 32.3 Å². The van der Waals surface area contributed by atoms with Gasteiger partial charge in [0.05, 0.1) is 5.69 Å². The zero-order valence-electron chi connectivity index (χ0n) is 7.85. The Kier molecular flexibility index (Phi) is 4.08. The molecule has 0 heterocycles. The van der Waals surface area contributed by atoms with E-state index in [1.807, 2.05) is 24.3 Å². The number of para-hydroxylation sites is 2. The Morgan fingerprint density at radius 1 is 1.14 bits per heavy atom. The van der Waals surface area contributed by atoms with Crippen molar-refractivity contribution in [1.29, 1.82) is 0 Å². The van der Waals surface area contributed by atoms with Gasteiger partial charge in [0.25, 0.3) is 0 Å². The van der Waals surface area contributed by atoms with Gasteiger partial charge in [-0.15, -0.1) is 0 Å². The molecule has 0 radical (unpaired) electrons. The first-order valence-corrected chi connectivity index (χ1v) is 4.33. The minimum Gasteiger partial charge on any atom is -0.506 e. The summed E-state index contributed by atoms with van der Waals surface area (Å²) in [5.41, 5.74) is 0.691. The van der Waals surface area contributed by atoms with Crippen LogP contribution in [0, 0.1) is 0 Å². The molecule has 0 spiro atoms. The highest BCUT2D eigenvalue weighted by Gasteiger charge is 1.93. The molecule has 0 amide bonds. The van der Waals surface area contributed by atoms with E-state index >= 15 is 0 Å². The van der Waals surface area contributed by atoms with Crippen LogP contribution in [0.1, 0.15) is 0 Å². The van der Waals surface area contributed by atoms with Gasteiger partial charge in [-0.25, -0.2) is 0 Å². The van der Waals surface area contributed by atoms with Crippen LogP contribution in [0.2, 0.25) is 0 Å². The molecule has 0 fully saturated rings. The lowest BCUT2D eigenvalue weighted by molar-refractivity contribution is 0.477. The summed E-state index contributed by atoms with van der Waals surface area (Å²) in [6.07, 6.45) is 8.94. The molecule has 1 aromatic carbocycles. The van der Waals surface area contributed by atoms with E-state index in [0.29, 0.717) is 5.69 Å². The van der Waals surface area contributed by atoms with E-state index < -0.39 is 0 Å². The summed E-state index contributed by atoms with van der Waals surface area (Å²) in [7, 11) is 0. The molecule has 1 aromatic rings. The number of phenolic OH excluding ortho intramolecular Hbond substituents is 1. The van der Waals surface area contributed by atoms with Gasteiger partial charge >= 0.3 is 0 Å². The van der Waals surface area contributed by atoms with Crippen LogP contribution in [0.3, 0.4) is 0 Å². The van der Waals surface area contributed by atoms with Crippen LogP contribution in [-0.4, -0.2) is 5.11 Å². The standard InChI is InChI=1S/C12H13NO/c1-2-3-4-7-10-13-11-8-5-6-9-12(11)14/h2-10,13-14H,1H2/b4-3-,10-7+. The monoisotopic (exact) mass is 187 g/mol. The molecular weight excluding hydrogens is 174 g/mol. The summed E-state index contributed by atoms with van der Waals surface area (Å²) in [4.78, 5) is 0. The summed E-state index contributed by atoms with van der Waals surface area (Å²) in [6.45, 7) is 3.55. The first kappa shape index (κ1) is 10.1. The molecule has 0 saturated carbocycles. The van der Waals surface area contributed by atoms with Gasteiger partial charge in [-0.1, -0.05) is 36.9 Å². The first-order chi connectivity index (χ1) is 6.84. The highest BCUT2D eigenvalue weighted by molar-refractivity contribution is 5.56. The van der Waals surface area contributed by atoms with Crippen LogP contribution in [-0.2, 0) is 0 Å². The molecule has 0 bridgehead atoms. The lowest BCUT2D eigenvalue weighted by atomic mass is 10.3. The summed E-state index contributed by atoms with van der Waals surface area (Å²) < 4.78 is 0. The van der Waals surface area contributed by atoms with Crippen LogP contribution in [0.4, 0.5) is 5.69 Å². The maximum Gasteiger partial charge on any atom is 0.138 e. The van der Waals surface area contributed by atoms with Gasteiger partial charge in [0, 0.05) is 6.20 Å². The molecule has 0 unspecified atom stereocenters. The van der Waals surface area contributed by atoms with Crippen molar-refractivity contribution in [2.75, 3.05) is 5.32 Å². The minimum atomic E-state index is 0.241. The van der Waals surface area contributed by atoms with Gasteiger partial charge in [0.2, 0.25) is 0 Å². The van der Waals surface area contributed by atoms with Crippen molar-refractivity contribution in [3.8, 4) is 5.75 Å². The van der Waals surface area contributed by atoms with Crippen LogP contribution in [0.5, 0.6) is 5.75 Å². The second kappa shape index (κ2) is 5.65. The van der Waals surface area contributed by atoms with Gasteiger partial charge in [0.15, 0.2) is 0 Å². The predicted molar refractivity (Wildman–Crippen MR) is 60.2 cm³/mol. The second-order valence-electron chi connectivity index (χ2n) is 2.64. The number of aromatic hydroxyl groups is 1. The molecule has 0 atom stereocenters. The smallest absolute Gasteiger partial charge is 0.138 e. The number of rotatable bonds is 4. The molecular formula is C12H13NO. The maximum absolute atomic E-state index is 9.38. The van der Waals surface area contributed by atoms with Crippen LogP contribution >= 0.6 is 0 Å². The van der Waals surface area contributed by atoms with Gasteiger partial charge in [0.1, 0.15) is 5.75 Å². The van der Waals surface area contributed by atoms with Gasteiger partial charge in [-0.05, 0) is 18.2 Å². The van der Waals surface area contributed by atoms with Crippen molar-refractivity contribution >= 4 is 5.69 Å². The normalized spacial score (nSPS) is 10.9. The first-order valence-electron chi connectivity index (χ1n) is 4.33. The Balaban J connectivity index is 2.53. The van der Waals surface area contributed by atoms with E-state index in [4.69, 9.17) is 0 Å². The molecule has 0 aliphatic carbocycles. The number of allylic oxidation sites excluding steroid dienone is 4. The van der Waals surface area contributed by atoms with Crippen LogP contribution in [0.25, 0.3) is 0 Å². The highest BCUT2D eigenvalue weighted by atomic mass is 16.3. The van der Waals surface area contributed by atoms with E-state index in [1.54, 1.807) is 30.5 Å². The summed E-state index contributed by atoms with van der Waals surface area (Å²) in [5.74, 6) is 0.241. The van der Waals surface area contributed by atoms with Crippen LogP contribution < -0.4 is 5.32 Å². The average Bonchev–Trinajstić information content (AvgIpc) is 2.20. The molecule has 2 nitrogen and oxygen atoms in total. The number of nitrogens with one attached hydrogen (secondary N) is 1. The van der Waals surface area contributed by atoms with Crippen molar-refractivity contribution in [2.45, 2.75) is 0 Å². The fourth-order valence-electron chi connectivity index (χ4n) is 0.932. The minimum absolute atomic E-state index is 0.241. The van der Waals surface area contributed by atoms with Crippen molar-refractivity contribution in [3.05, 3.63) is 61.3 Å². The maximum atomic E-state index is 9.38. The van der Waals surface area contributed by atoms with E-state index in [2.05, 4.69) is 11.9 Å². The SMILES string of the molecule is C=C/C=C\C=C\Nc1ccccc1O. The third-order valence-corrected chi connectivity index (χ3v) is 1.60. The number of hydrogen-bond acceptors (Lipinski definition) is 2. The average molecular weight is 187 g/mol. The Morgan fingerprint density at radius 2 is 1.93 bits per heavy atom. The van der Waals surface area contributed by atoms with Crippen molar-refractivity contribution in [2.24, 2.45) is 0 Å². The Bertz CT molecular complexity index is 353. The number of benzene rings is 1. The molecule has 1 rings (SSSR count). The lowest BCUT2D eigenvalue weighted by Gasteiger charge is -2.01. The van der Waals surface area contributed by atoms with Crippen LogP contribution in [0.15, 0.2) is 61.3 Å². The van der Waals surface area contributed by atoms with E-state index in [9.17, 15) is 5.11 Å². The summed E-state index contributed by atoms with van der Waals surface area (Å²) in [5, 5.41) is 12.3. The fourth-order valence-corrected chi connectivity index (χ4v) is 0.932. The second-order valence-corrected chi connectivity index (χ2v) is 2.64. The number of hydrogen-bond donors (Lipinski definition) is 2. The zero-order chi connectivity index (χ0) is 10.2. The van der Waals surface area contributed by atoms with Gasteiger partial charge in [-0.3, -0.25) is 0 Å². The summed E-state index contributed by atoms with van der Waals surface area (Å²) in [6, 6.07) is 7.07. The summed E-state index contributed by atoms with van der Waals surface area (Å²) >= 11 is 0. The number of anilines is 1. The van der Waals surface area contributed by atoms with Crippen molar-refractivity contribution in [1.82, 2.24) is 0 Å². The molecule has 72 valence electrons. The largest absolute Gasteiger partial charge is 0.506 e. The molecule has 2 N–H and O–H groups in total. The predicted octanol–water partition coefficient (Wildman–Crippen LogP) is 3.06. The van der Waals surface area contributed by atoms with Crippen molar-refractivity contribution < 1.29 is 5.11 Å². The highest BCUT2D eigenvalue weighted by Crippen LogP contribution is 2.21. The molecule has 0 aromatic heterocycles. The third-order valence-electron chi connectivity index (χ3n) is 1.60. The quantitative estimate of drug-likeness (QED) is 0.561. The molecule has 0 aliphatic rings. The molecule has 14 heavy (non-hydrogen) atoms. The van der Waals surface area contributed by atoms with E-state index in [0.717, 1.165) is 0 Å². The van der Waals surface area contributed by atoms with E-state index in [-0.39, 0.29) is 5.75 Å². The Morgan fingerprint density at radius 3 is 2.64 bits per heavy atom. The fraction of sp³-hybridized carbons (Fsp3) is 0. The van der Waals surface area contributed by atoms with E-state index in [1.165, 1.54) is 0 Å². The molecule has 0 saturated heterocycles. The molecule has 0 aliphatic heterocycles. The van der Waals surface area contributed by atoms with Gasteiger partial charge in [-0.2, -0.15) is 0 Å². The third kappa shape index (κ3) is 3.19.